The van der Waals surface area contributed by atoms with Crippen molar-refractivity contribution in [3.05, 3.63) is 41.7 Å². The summed E-state index contributed by atoms with van der Waals surface area (Å²) in [5.74, 6) is -0.955. The summed E-state index contributed by atoms with van der Waals surface area (Å²) in [5.41, 5.74) is 0.0903. The molecule has 1 aromatic carbocycles. The summed E-state index contributed by atoms with van der Waals surface area (Å²) in [7, 11) is 0. The van der Waals surface area contributed by atoms with Crippen LogP contribution in [0.2, 0.25) is 0 Å². The van der Waals surface area contributed by atoms with Gasteiger partial charge in [-0.2, -0.15) is 26.3 Å². The summed E-state index contributed by atoms with van der Waals surface area (Å²) >= 11 is 0. The van der Waals surface area contributed by atoms with Gasteiger partial charge in [-0.3, -0.25) is 9.69 Å². The van der Waals surface area contributed by atoms with Crippen molar-refractivity contribution >= 4 is 17.8 Å². The SMILES string of the molecule is O=C(CCN1CCN(c2ccc(C(F)(F)F)cc2)CC1)N1CCCN(C2=CCC(C(F)(F)F)C=N2)CC1. The maximum Gasteiger partial charge on any atom is 0.416 e. The van der Waals surface area contributed by atoms with Crippen LogP contribution in [0.15, 0.2) is 41.2 Å². The first-order chi connectivity index (χ1) is 17.5. The number of allylic oxidation sites excluding steroid dienone is 1. The van der Waals surface area contributed by atoms with E-state index in [9.17, 15) is 31.1 Å². The normalized spacial score (nSPS) is 22.2. The Labute approximate surface area is 212 Å². The second-order valence-corrected chi connectivity index (χ2v) is 9.57. The molecular formula is C25H31F6N5O. The predicted molar refractivity (Wildman–Crippen MR) is 128 cm³/mol. The van der Waals surface area contributed by atoms with Crippen molar-refractivity contribution in [2.45, 2.75) is 31.6 Å². The molecule has 12 heteroatoms. The maximum atomic E-state index is 12.9. The molecule has 1 unspecified atom stereocenters. The first kappa shape index (κ1) is 27.3. The highest BCUT2D eigenvalue weighted by Crippen LogP contribution is 2.32. The number of amides is 1. The van der Waals surface area contributed by atoms with Crippen molar-refractivity contribution in [1.82, 2.24) is 14.7 Å². The zero-order chi connectivity index (χ0) is 26.6. The van der Waals surface area contributed by atoms with Crippen LogP contribution in [-0.2, 0) is 11.0 Å². The van der Waals surface area contributed by atoms with Gasteiger partial charge in [0.15, 0.2) is 0 Å². The molecule has 0 aliphatic carbocycles. The number of anilines is 1. The fourth-order valence-electron chi connectivity index (χ4n) is 4.84. The number of hydrogen-bond donors (Lipinski definition) is 0. The maximum absolute atomic E-state index is 12.9. The third-order valence-corrected chi connectivity index (χ3v) is 7.11. The number of piperazine rings is 1. The molecule has 4 rings (SSSR count). The molecule has 3 heterocycles. The summed E-state index contributed by atoms with van der Waals surface area (Å²) in [6.45, 7) is 5.63. The van der Waals surface area contributed by atoms with Crippen LogP contribution in [0.3, 0.4) is 0 Å². The summed E-state index contributed by atoms with van der Waals surface area (Å²) in [6, 6.07) is 5.18. The van der Waals surface area contributed by atoms with Gasteiger partial charge in [-0.05, 0) is 43.2 Å². The lowest BCUT2D eigenvalue weighted by atomic mass is 10.0. The second kappa shape index (κ2) is 11.3. The summed E-state index contributed by atoms with van der Waals surface area (Å²) in [6.07, 6.45) is -5.17. The quantitative estimate of drug-likeness (QED) is 0.533. The molecular weight excluding hydrogens is 500 g/mol. The number of carbonyl (C=O) groups excluding carboxylic acids is 1. The number of aliphatic imine (C=N–C) groups is 1. The molecule has 0 saturated carbocycles. The Kier molecular flexibility index (Phi) is 8.35. The monoisotopic (exact) mass is 531 g/mol. The summed E-state index contributed by atoms with van der Waals surface area (Å²) < 4.78 is 76.9. The van der Waals surface area contributed by atoms with Gasteiger partial charge in [-0.25, -0.2) is 4.99 Å². The third kappa shape index (κ3) is 7.18. The number of alkyl halides is 6. The number of hydrogen-bond acceptors (Lipinski definition) is 5. The van der Waals surface area contributed by atoms with Gasteiger partial charge in [0, 0.05) is 77.2 Å². The van der Waals surface area contributed by atoms with Gasteiger partial charge in [0.2, 0.25) is 5.91 Å². The average molecular weight is 532 g/mol. The van der Waals surface area contributed by atoms with Crippen molar-refractivity contribution in [2.24, 2.45) is 10.9 Å². The van der Waals surface area contributed by atoms with E-state index in [-0.39, 0.29) is 12.3 Å². The molecule has 2 fully saturated rings. The molecule has 0 bridgehead atoms. The fraction of sp³-hybridized carbons (Fsp3) is 0.600. The minimum absolute atomic E-state index is 0.0466. The molecule has 0 radical (unpaired) electrons. The molecule has 0 aromatic heterocycles. The van der Waals surface area contributed by atoms with Crippen molar-refractivity contribution in [1.29, 1.82) is 0 Å². The van der Waals surface area contributed by atoms with E-state index in [1.807, 2.05) is 14.7 Å². The molecule has 2 saturated heterocycles. The van der Waals surface area contributed by atoms with Crippen LogP contribution in [0, 0.1) is 5.92 Å². The Morgan fingerprint density at radius 1 is 0.865 bits per heavy atom. The van der Waals surface area contributed by atoms with E-state index < -0.39 is 23.8 Å². The molecule has 3 aliphatic heterocycles. The van der Waals surface area contributed by atoms with Gasteiger partial charge in [0.25, 0.3) is 0 Å². The second-order valence-electron chi connectivity index (χ2n) is 9.57. The average Bonchev–Trinajstić information content (AvgIpc) is 3.13. The van der Waals surface area contributed by atoms with Crippen LogP contribution in [0.25, 0.3) is 0 Å². The van der Waals surface area contributed by atoms with Gasteiger partial charge < -0.3 is 14.7 Å². The van der Waals surface area contributed by atoms with Crippen LogP contribution < -0.4 is 4.90 Å². The van der Waals surface area contributed by atoms with Gasteiger partial charge in [-0.15, -0.1) is 0 Å². The van der Waals surface area contributed by atoms with Gasteiger partial charge in [0.05, 0.1) is 11.5 Å². The molecule has 1 aromatic rings. The number of benzene rings is 1. The molecule has 1 atom stereocenters. The first-order valence-electron chi connectivity index (χ1n) is 12.5. The van der Waals surface area contributed by atoms with E-state index in [0.717, 1.165) is 24.0 Å². The Morgan fingerprint density at radius 3 is 2.14 bits per heavy atom. The predicted octanol–water partition coefficient (Wildman–Crippen LogP) is 4.25. The standard InChI is InChI=1S/C25H31F6N5O/c26-24(27,28)19-2-5-21(6-3-19)34-14-12-33(13-15-34)11-8-23(37)36-10-1-9-35(16-17-36)22-7-4-20(18-32-22)25(29,30)31/h2-3,5-7,18,20H,1,4,8-17H2. The van der Waals surface area contributed by atoms with E-state index in [4.69, 9.17) is 0 Å². The van der Waals surface area contributed by atoms with E-state index in [0.29, 0.717) is 77.6 Å². The molecule has 37 heavy (non-hydrogen) atoms. The Hall–Kier alpha value is -2.76. The minimum Gasteiger partial charge on any atom is -0.369 e. The zero-order valence-electron chi connectivity index (χ0n) is 20.4. The van der Waals surface area contributed by atoms with Crippen LogP contribution >= 0.6 is 0 Å². The fourth-order valence-corrected chi connectivity index (χ4v) is 4.84. The minimum atomic E-state index is -4.35. The topological polar surface area (TPSA) is 42.4 Å². The van der Waals surface area contributed by atoms with E-state index in [2.05, 4.69) is 9.89 Å². The Bertz CT molecular complexity index is 983. The van der Waals surface area contributed by atoms with Crippen molar-refractivity contribution in [2.75, 3.05) is 63.8 Å². The highest BCUT2D eigenvalue weighted by atomic mass is 19.4. The number of halogens is 6. The van der Waals surface area contributed by atoms with E-state index >= 15 is 0 Å². The smallest absolute Gasteiger partial charge is 0.369 e. The van der Waals surface area contributed by atoms with Gasteiger partial charge in [0.1, 0.15) is 5.82 Å². The van der Waals surface area contributed by atoms with Gasteiger partial charge in [-0.1, -0.05) is 0 Å². The molecule has 6 nitrogen and oxygen atoms in total. The number of nitrogens with zero attached hydrogens (tertiary/aromatic N) is 5. The third-order valence-electron chi connectivity index (χ3n) is 7.11. The first-order valence-corrected chi connectivity index (χ1v) is 12.5. The Morgan fingerprint density at radius 2 is 1.54 bits per heavy atom. The number of rotatable bonds is 5. The molecule has 204 valence electrons. The lowest BCUT2D eigenvalue weighted by molar-refractivity contribution is -0.153. The highest BCUT2D eigenvalue weighted by Gasteiger charge is 2.39. The molecule has 1 amide bonds. The van der Waals surface area contributed by atoms with Crippen molar-refractivity contribution in [3.63, 3.8) is 0 Å². The molecule has 3 aliphatic rings. The van der Waals surface area contributed by atoms with Crippen LogP contribution in [-0.4, -0.2) is 91.9 Å². The van der Waals surface area contributed by atoms with Crippen molar-refractivity contribution in [3.8, 4) is 0 Å². The number of carbonyl (C=O) groups is 1. The highest BCUT2D eigenvalue weighted by molar-refractivity contribution is 5.76. The van der Waals surface area contributed by atoms with Crippen LogP contribution in [0.5, 0.6) is 0 Å². The van der Waals surface area contributed by atoms with E-state index in [1.165, 1.54) is 18.2 Å². The Balaban J connectivity index is 1.19. The summed E-state index contributed by atoms with van der Waals surface area (Å²) in [5, 5.41) is 0. The van der Waals surface area contributed by atoms with E-state index in [1.54, 1.807) is 0 Å². The van der Waals surface area contributed by atoms with Crippen molar-refractivity contribution < 1.29 is 31.1 Å². The summed E-state index contributed by atoms with van der Waals surface area (Å²) in [4.78, 5) is 24.8. The lowest BCUT2D eigenvalue weighted by Gasteiger charge is -2.36. The van der Waals surface area contributed by atoms with Gasteiger partial charge >= 0.3 is 12.4 Å². The van der Waals surface area contributed by atoms with Crippen LogP contribution in [0.1, 0.15) is 24.8 Å². The largest absolute Gasteiger partial charge is 0.416 e. The molecule has 0 spiro atoms. The zero-order valence-corrected chi connectivity index (χ0v) is 20.4. The molecule has 0 N–H and O–H groups in total. The lowest BCUT2D eigenvalue weighted by Crippen LogP contribution is -2.47. The van der Waals surface area contributed by atoms with Crippen LogP contribution in [0.4, 0.5) is 32.0 Å².